The number of amides is 3. The van der Waals surface area contributed by atoms with Gasteiger partial charge in [-0.1, -0.05) is 30.3 Å². The van der Waals surface area contributed by atoms with Gasteiger partial charge in [-0.2, -0.15) is 4.98 Å². The van der Waals surface area contributed by atoms with Gasteiger partial charge >= 0.3 is 6.09 Å². The Bertz CT molecular complexity index is 1590. The largest absolute Gasteiger partial charge is 0.494 e. The Morgan fingerprint density at radius 3 is 2.53 bits per heavy atom. The lowest BCUT2D eigenvalue weighted by atomic mass is 10.0. The highest BCUT2D eigenvalue weighted by Gasteiger charge is 2.29. The molecule has 45 heavy (non-hydrogen) atoms. The number of hydrogen-bond acceptors (Lipinski definition) is 8. The number of hydrogen-bond donors (Lipinski definition) is 4. The summed E-state index contributed by atoms with van der Waals surface area (Å²) in [5, 5.41) is 19.0. The van der Waals surface area contributed by atoms with Crippen LogP contribution in [0.2, 0.25) is 5.02 Å². The number of methoxy groups -OCH3 is 1. The molecule has 3 aromatic rings. The number of para-hydroxylation sites is 2. The molecule has 0 saturated heterocycles. The van der Waals surface area contributed by atoms with Crippen LogP contribution in [0, 0.1) is 0 Å². The van der Waals surface area contributed by atoms with Crippen molar-refractivity contribution in [2.45, 2.75) is 52.0 Å². The van der Waals surface area contributed by atoms with Crippen LogP contribution in [-0.2, 0) is 16.0 Å². The summed E-state index contributed by atoms with van der Waals surface area (Å²) in [5.41, 5.74) is 2.73. The Balaban J connectivity index is 1.58. The van der Waals surface area contributed by atoms with E-state index in [2.05, 4.69) is 32.5 Å². The summed E-state index contributed by atoms with van der Waals surface area (Å²) in [5.74, 6) is 0.731. The lowest BCUT2D eigenvalue weighted by Crippen LogP contribution is -2.46. The quantitative estimate of drug-likeness (QED) is 0.171. The summed E-state index contributed by atoms with van der Waals surface area (Å²) in [6.07, 6.45) is 3.74. The summed E-state index contributed by atoms with van der Waals surface area (Å²) in [4.78, 5) is 48.8. The van der Waals surface area contributed by atoms with E-state index in [1.165, 1.54) is 17.2 Å². The molecule has 238 valence electrons. The highest BCUT2D eigenvalue weighted by atomic mass is 35.5. The van der Waals surface area contributed by atoms with Crippen molar-refractivity contribution in [1.29, 1.82) is 0 Å². The first-order valence-electron chi connectivity index (χ1n) is 14.5. The monoisotopic (exact) mass is 635 g/mol. The molecule has 4 rings (SSSR count). The zero-order valence-electron chi connectivity index (χ0n) is 25.8. The van der Waals surface area contributed by atoms with E-state index in [9.17, 15) is 19.5 Å². The summed E-state index contributed by atoms with van der Waals surface area (Å²) < 4.78 is 5.85. The molecule has 0 unspecified atom stereocenters. The maximum atomic E-state index is 13.2. The molecule has 0 saturated carbocycles. The number of halogens is 1. The average Bonchev–Trinajstić information content (AvgIpc) is 3.14. The Hall–Kier alpha value is -4.84. The van der Waals surface area contributed by atoms with Crippen LogP contribution in [0.15, 0.2) is 55.3 Å². The van der Waals surface area contributed by atoms with E-state index in [1.807, 2.05) is 32.9 Å². The molecule has 0 aliphatic carbocycles. The normalized spacial score (nSPS) is 12.9. The molecule has 0 spiro atoms. The van der Waals surface area contributed by atoms with Crippen molar-refractivity contribution < 1.29 is 24.2 Å². The van der Waals surface area contributed by atoms with Crippen LogP contribution in [0.3, 0.4) is 0 Å². The zero-order chi connectivity index (χ0) is 32.7. The third-order valence-corrected chi connectivity index (χ3v) is 7.54. The van der Waals surface area contributed by atoms with Gasteiger partial charge in [-0.3, -0.25) is 9.59 Å². The number of aromatic nitrogens is 2. The Labute approximate surface area is 267 Å². The predicted molar refractivity (Wildman–Crippen MR) is 176 cm³/mol. The van der Waals surface area contributed by atoms with Crippen LogP contribution in [0.25, 0.3) is 0 Å². The molecule has 0 atom stereocenters. The number of anilines is 6. The fourth-order valence-electron chi connectivity index (χ4n) is 5.13. The number of nitrogens with zero attached hydrogens (tertiary/aromatic N) is 4. The first-order chi connectivity index (χ1) is 21.4. The number of carbonyl (C=O) groups is 3. The fourth-order valence-corrected chi connectivity index (χ4v) is 5.27. The number of carbonyl (C=O) groups excluding carboxylic acids is 2. The summed E-state index contributed by atoms with van der Waals surface area (Å²) in [6.45, 7) is 9.69. The van der Waals surface area contributed by atoms with Crippen LogP contribution in [0.1, 0.15) is 45.6 Å². The van der Waals surface area contributed by atoms with E-state index in [1.54, 1.807) is 36.3 Å². The standard InChI is InChI=1S/C32H38ClN7O5/c1-6-26(41)35-22-12-7-8-13-23(22)36-29-21(33)19-34-30(38-29)37-24-15-16-25-20(28(24)45-5)11-9-14-27(42)39(25)17-10-18-40(31(43)44)32(2,3)4/h6-8,12-13,15-16,19H,1,9-11,14,17-18H2,2-5H3,(H,35,41)(H,43,44)(H2,34,36,37,38). The average molecular weight is 636 g/mol. The van der Waals surface area contributed by atoms with Gasteiger partial charge in [-0.05, 0) is 70.4 Å². The molecule has 0 fully saturated rings. The van der Waals surface area contributed by atoms with E-state index in [0.717, 1.165) is 11.3 Å². The van der Waals surface area contributed by atoms with Gasteiger partial charge in [0.25, 0.3) is 0 Å². The smallest absolute Gasteiger partial charge is 0.407 e. The van der Waals surface area contributed by atoms with Crippen LogP contribution in [0.5, 0.6) is 5.75 Å². The second-order valence-corrected chi connectivity index (χ2v) is 11.8. The molecule has 13 heteroatoms. The van der Waals surface area contributed by atoms with Gasteiger partial charge in [0.2, 0.25) is 17.8 Å². The van der Waals surface area contributed by atoms with Crippen molar-refractivity contribution in [3.8, 4) is 5.75 Å². The van der Waals surface area contributed by atoms with Crippen LogP contribution >= 0.6 is 11.6 Å². The summed E-state index contributed by atoms with van der Waals surface area (Å²) in [7, 11) is 1.57. The topological polar surface area (TPSA) is 149 Å². The van der Waals surface area contributed by atoms with Gasteiger partial charge in [-0.25, -0.2) is 9.78 Å². The minimum atomic E-state index is -0.992. The van der Waals surface area contributed by atoms with Crippen molar-refractivity contribution in [3.05, 3.63) is 65.8 Å². The zero-order valence-corrected chi connectivity index (χ0v) is 26.6. The predicted octanol–water partition coefficient (Wildman–Crippen LogP) is 6.59. The third-order valence-electron chi connectivity index (χ3n) is 7.27. The number of fused-ring (bicyclic) bond motifs is 1. The van der Waals surface area contributed by atoms with Gasteiger partial charge in [0.1, 0.15) is 10.8 Å². The number of benzene rings is 2. The van der Waals surface area contributed by atoms with Crippen molar-refractivity contribution in [1.82, 2.24) is 14.9 Å². The molecular formula is C32H38ClN7O5. The SMILES string of the molecule is C=CC(=O)Nc1ccccc1Nc1nc(Nc2ccc3c(c2OC)CCCC(=O)N3CCCN(C(=O)O)C(C)(C)C)ncc1Cl. The Kier molecular flexibility index (Phi) is 10.5. The van der Waals surface area contributed by atoms with E-state index >= 15 is 0 Å². The highest BCUT2D eigenvalue weighted by molar-refractivity contribution is 6.33. The maximum Gasteiger partial charge on any atom is 0.407 e. The van der Waals surface area contributed by atoms with Crippen LogP contribution in [-0.4, -0.2) is 63.6 Å². The number of rotatable bonds is 11. The second-order valence-electron chi connectivity index (χ2n) is 11.4. The number of nitrogens with one attached hydrogen (secondary N) is 3. The van der Waals surface area contributed by atoms with Gasteiger partial charge in [0, 0.05) is 30.6 Å². The Morgan fingerprint density at radius 2 is 1.87 bits per heavy atom. The molecule has 0 radical (unpaired) electrons. The van der Waals surface area contributed by atoms with Crippen molar-refractivity contribution in [2.24, 2.45) is 0 Å². The van der Waals surface area contributed by atoms with E-state index in [-0.39, 0.29) is 22.8 Å². The maximum absolute atomic E-state index is 13.2. The van der Waals surface area contributed by atoms with E-state index in [0.29, 0.717) is 67.4 Å². The van der Waals surface area contributed by atoms with Gasteiger partial charge in [-0.15, -0.1) is 0 Å². The molecule has 0 bridgehead atoms. The Morgan fingerprint density at radius 1 is 1.13 bits per heavy atom. The summed E-state index contributed by atoms with van der Waals surface area (Å²) in [6, 6.07) is 10.8. The second kappa shape index (κ2) is 14.3. The molecule has 1 aromatic heterocycles. The summed E-state index contributed by atoms with van der Waals surface area (Å²) >= 11 is 6.42. The van der Waals surface area contributed by atoms with Gasteiger partial charge in [0.05, 0.1) is 36.1 Å². The number of ether oxygens (including phenoxy) is 1. The minimum Gasteiger partial charge on any atom is -0.494 e. The van der Waals surface area contributed by atoms with Crippen molar-refractivity contribution in [3.63, 3.8) is 0 Å². The van der Waals surface area contributed by atoms with Gasteiger partial charge in [0.15, 0.2) is 5.82 Å². The molecular weight excluding hydrogens is 598 g/mol. The van der Waals surface area contributed by atoms with Gasteiger partial charge < -0.3 is 35.6 Å². The molecule has 1 aliphatic rings. The first kappa shape index (κ1) is 33.1. The first-order valence-corrected chi connectivity index (χ1v) is 14.9. The van der Waals surface area contributed by atoms with Crippen molar-refractivity contribution in [2.75, 3.05) is 41.0 Å². The molecule has 3 amide bonds. The number of carboxylic acid groups (broad SMARTS) is 1. The molecule has 2 aromatic carbocycles. The van der Waals surface area contributed by atoms with E-state index < -0.39 is 11.6 Å². The highest BCUT2D eigenvalue weighted by Crippen LogP contribution is 2.40. The van der Waals surface area contributed by atoms with Crippen LogP contribution < -0.4 is 25.6 Å². The van der Waals surface area contributed by atoms with Crippen LogP contribution in [0.4, 0.5) is 39.3 Å². The van der Waals surface area contributed by atoms with E-state index in [4.69, 9.17) is 16.3 Å². The fraction of sp³-hybridized carbons (Fsp3) is 0.344. The minimum absolute atomic E-state index is 0.0181. The van der Waals surface area contributed by atoms with Crippen molar-refractivity contribution >= 4 is 64.0 Å². The lowest BCUT2D eigenvalue weighted by molar-refractivity contribution is -0.118. The lowest BCUT2D eigenvalue weighted by Gasteiger charge is -2.34. The third kappa shape index (κ3) is 8.01. The molecule has 1 aliphatic heterocycles. The molecule has 2 heterocycles. The molecule has 12 nitrogen and oxygen atoms in total. The molecule has 4 N–H and O–H groups in total.